The number of hydrogen-bond acceptors (Lipinski definition) is 2. The van der Waals surface area contributed by atoms with Gasteiger partial charge in [0, 0.05) is 12.3 Å². The molecule has 0 unspecified atom stereocenters. The molecule has 1 atom stereocenters. The molecule has 0 aromatic heterocycles. The van der Waals surface area contributed by atoms with Crippen LogP contribution in [-0.4, -0.2) is 21.5 Å². The highest BCUT2D eigenvalue weighted by Crippen LogP contribution is 2.34. The lowest BCUT2D eigenvalue weighted by atomic mass is 10.1. The first kappa shape index (κ1) is 9.99. The van der Waals surface area contributed by atoms with E-state index in [1.54, 1.807) is 11.8 Å². The van der Waals surface area contributed by atoms with Crippen molar-refractivity contribution in [3.63, 3.8) is 0 Å². The minimum atomic E-state index is 0.485. The summed E-state index contributed by atoms with van der Waals surface area (Å²) in [7, 11) is 0. The van der Waals surface area contributed by atoms with Gasteiger partial charge in [0.2, 0.25) is 0 Å². The second-order valence-electron chi connectivity index (χ2n) is 3.29. The highest BCUT2D eigenvalue weighted by molar-refractivity contribution is 8.23. The number of thioether (sulfide) groups is 1. The van der Waals surface area contributed by atoms with Crippen LogP contribution in [0.1, 0.15) is 18.5 Å². The SMILES string of the molecule is CCN1C(=S)SC[C@H]1c1ccccc1. The van der Waals surface area contributed by atoms with Crippen molar-refractivity contribution < 1.29 is 0 Å². The standard InChI is InChI=1S/C11H13NS2/c1-2-12-10(8-14-11(12)13)9-6-4-3-5-7-9/h3-7,10H,2,8H2,1H3/t10-/m0/s1. The van der Waals surface area contributed by atoms with Crippen LogP contribution in [0.4, 0.5) is 0 Å². The molecule has 3 heteroatoms. The molecule has 1 aromatic carbocycles. The minimum Gasteiger partial charge on any atom is -0.350 e. The Bertz CT molecular complexity index is 323. The van der Waals surface area contributed by atoms with Crippen LogP contribution in [0.25, 0.3) is 0 Å². The third kappa shape index (κ3) is 1.79. The number of hydrogen-bond donors (Lipinski definition) is 0. The number of rotatable bonds is 2. The lowest BCUT2D eigenvalue weighted by molar-refractivity contribution is 0.381. The Morgan fingerprint density at radius 1 is 1.43 bits per heavy atom. The van der Waals surface area contributed by atoms with E-state index >= 15 is 0 Å². The Morgan fingerprint density at radius 2 is 2.14 bits per heavy atom. The molecule has 1 nitrogen and oxygen atoms in total. The van der Waals surface area contributed by atoms with E-state index in [0.29, 0.717) is 6.04 Å². The first-order valence-electron chi connectivity index (χ1n) is 4.81. The van der Waals surface area contributed by atoms with Crippen LogP contribution in [0, 0.1) is 0 Å². The third-order valence-electron chi connectivity index (χ3n) is 2.50. The molecule has 1 saturated heterocycles. The Balaban J connectivity index is 2.23. The Kier molecular flexibility index (Phi) is 3.08. The summed E-state index contributed by atoms with van der Waals surface area (Å²) < 4.78 is 1.04. The van der Waals surface area contributed by atoms with Gasteiger partial charge in [-0.15, -0.1) is 0 Å². The molecular formula is C11H13NS2. The Hall–Kier alpha value is -0.540. The second kappa shape index (κ2) is 4.32. The number of nitrogens with zero attached hydrogens (tertiary/aromatic N) is 1. The van der Waals surface area contributed by atoms with Crippen molar-refractivity contribution in [2.45, 2.75) is 13.0 Å². The van der Waals surface area contributed by atoms with Crippen molar-refractivity contribution in [3.8, 4) is 0 Å². The van der Waals surface area contributed by atoms with Crippen molar-refractivity contribution in [2.24, 2.45) is 0 Å². The van der Waals surface area contributed by atoms with Gasteiger partial charge in [-0.3, -0.25) is 0 Å². The monoisotopic (exact) mass is 223 g/mol. The molecule has 0 aliphatic carbocycles. The average molecular weight is 223 g/mol. The first-order chi connectivity index (χ1) is 6.83. The van der Waals surface area contributed by atoms with Crippen LogP contribution >= 0.6 is 24.0 Å². The zero-order valence-electron chi connectivity index (χ0n) is 8.14. The summed E-state index contributed by atoms with van der Waals surface area (Å²) in [4.78, 5) is 2.30. The fraction of sp³-hybridized carbons (Fsp3) is 0.364. The van der Waals surface area contributed by atoms with E-state index in [0.717, 1.165) is 16.6 Å². The van der Waals surface area contributed by atoms with Crippen molar-refractivity contribution in [2.75, 3.05) is 12.3 Å². The smallest absolute Gasteiger partial charge is 0.136 e. The summed E-state index contributed by atoms with van der Waals surface area (Å²) in [6.45, 7) is 3.17. The fourth-order valence-corrected chi connectivity index (χ4v) is 3.31. The molecule has 1 heterocycles. The molecule has 1 aromatic rings. The van der Waals surface area contributed by atoms with Gasteiger partial charge in [0.25, 0.3) is 0 Å². The van der Waals surface area contributed by atoms with Gasteiger partial charge >= 0.3 is 0 Å². The van der Waals surface area contributed by atoms with Crippen LogP contribution in [0.3, 0.4) is 0 Å². The molecule has 1 aliphatic rings. The summed E-state index contributed by atoms with van der Waals surface area (Å²) in [6.07, 6.45) is 0. The average Bonchev–Trinajstić information content (AvgIpc) is 2.61. The van der Waals surface area contributed by atoms with E-state index in [2.05, 4.69) is 42.2 Å². The predicted molar refractivity (Wildman–Crippen MR) is 66.6 cm³/mol. The van der Waals surface area contributed by atoms with Crippen molar-refractivity contribution in [3.05, 3.63) is 35.9 Å². The van der Waals surface area contributed by atoms with Crippen LogP contribution in [0.15, 0.2) is 30.3 Å². The van der Waals surface area contributed by atoms with Gasteiger partial charge in [0.15, 0.2) is 0 Å². The number of thiocarbonyl (C=S) groups is 1. The van der Waals surface area contributed by atoms with Crippen LogP contribution in [0.5, 0.6) is 0 Å². The van der Waals surface area contributed by atoms with E-state index in [9.17, 15) is 0 Å². The highest BCUT2D eigenvalue weighted by Gasteiger charge is 2.28. The van der Waals surface area contributed by atoms with Gasteiger partial charge in [-0.05, 0) is 12.5 Å². The van der Waals surface area contributed by atoms with Crippen LogP contribution in [0.2, 0.25) is 0 Å². The van der Waals surface area contributed by atoms with E-state index in [4.69, 9.17) is 12.2 Å². The van der Waals surface area contributed by atoms with E-state index < -0.39 is 0 Å². The summed E-state index contributed by atoms with van der Waals surface area (Å²) in [5.41, 5.74) is 1.38. The van der Waals surface area contributed by atoms with Crippen molar-refractivity contribution in [1.82, 2.24) is 4.90 Å². The van der Waals surface area contributed by atoms with Gasteiger partial charge in [-0.25, -0.2) is 0 Å². The summed E-state index contributed by atoms with van der Waals surface area (Å²) in [5, 5.41) is 0. The van der Waals surface area contributed by atoms with E-state index in [-0.39, 0.29) is 0 Å². The van der Waals surface area contributed by atoms with E-state index in [1.807, 2.05) is 0 Å². The number of benzene rings is 1. The van der Waals surface area contributed by atoms with Crippen molar-refractivity contribution >= 4 is 28.3 Å². The van der Waals surface area contributed by atoms with Gasteiger partial charge in [0.1, 0.15) is 4.32 Å². The van der Waals surface area contributed by atoms with Crippen molar-refractivity contribution in [1.29, 1.82) is 0 Å². The van der Waals surface area contributed by atoms with E-state index in [1.165, 1.54) is 5.56 Å². The topological polar surface area (TPSA) is 3.24 Å². The second-order valence-corrected chi connectivity index (χ2v) is 4.94. The molecule has 2 rings (SSSR count). The van der Waals surface area contributed by atoms with Crippen LogP contribution in [-0.2, 0) is 0 Å². The maximum atomic E-state index is 5.31. The largest absolute Gasteiger partial charge is 0.350 e. The maximum absolute atomic E-state index is 5.31. The molecule has 1 fully saturated rings. The molecule has 0 bridgehead atoms. The zero-order chi connectivity index (χ0) is 9.97. The van der Waals surface area contributed by atoms with Crippen LogP contribution < -0.4 is 0 Å². The minimum absolute atomic E-state index is 0.485. The highest BCUT2D eigenvalue weighted by atomic mass is 32.2. The molecule has 0 N–H and O–H groups in total. The molecule has 0 saturated carbocycles. The molecule has 0 amide bonds. The molecular weight excluding hydrogens is 210 g/mol. The summed E-state index contributed by atoms with van der Waals surface area (Å²) in [5.74, 6) is 1.09. The zero-order valence-corrected chi connectivity index (χ0v) is 9.78. The summed E-state index contributed by atoms with van der Waals surface area (Å²) in [6, 6.07) is 11.1. The van der Waals surface area contributed by atoms with Gasteiger partial charge < -0.3 is 4.90 Å². The molecule has 0 radical (unpaired) electrons. The lowest BCUT2D eigenvalue weighted by Crippen LogP contribution is -2.26. The quantitative estimate of drug-likeness (QED) is 0.709. The molecule has 0 spiro atoms. The lowest BCUT2D eigenvalue weighted by Gasteiger charge is -2.23. The molecule has 74 valence electrons. The first-order valence-corrected chi connectivity index (χ1v) is 6.20. The Morgan fingerprint density at radius 3 is 2.79 bits per heavy atom. The molecule has 14 heavy (non-hydrogen) atoms. The normalized spacial score (nSPS) is 21.6. The fourth-order valence-electron chi connectivity index (χ4n) is 1.75. The Labute approximate surface area is 94.5 Å². The predicted octanol–water partition coefficient (Wildman–Crippen LogP) is 3.08. The third-order valence-corrected chi connectivity index (χ3v) is 4.05. The van der Waals surface area contributed by atoms with Gasteiger partial charge in [-0.2, -0.15) is 0 Å². The summed E-state index contributed by atoms with van der Waals surface area (Å²) >= 11 is 7.10. The molecule has 1 aliphatic heterocycles. The van der Waals surface area contributed by atoms with Gasteiger partial charge in [0.05, 0.1) is 6.04 Å². The van der Waals surface area contributed by atoms with Gasteiger partial charge in [-0.1, -0.05) is 54.3 Å². The maximum Gasteiger partial charge on any atom is 0.136 e.